The molecule has 0 aliphatic carbocycles. The molecule has 0 radical (unpaired) electrons. The number of rotatable bonds is 4. The summed E-state index contributed by atoms with van der Waals surface area (Å²) in [7, 11) is -3.24. The Kier molecular flexibility index (Phi) is 5.75. The predicted octanol–water partition coefficient (Wildman–Crippen LogP) is 4.05. The Balaban J connectivity index is 1.60. The van der Waals surface area contributed by atoms with Gasteiger partial charge in [-0.15, -0.1) is 0 Å². The molecule has 0 saturated heterocycles. The van der Waals surface area contributed by atoms with Crippen LogP contribution in [-0.2, 0) is 22.8 Å². The highest BCUT2D eigenvalue weighted by atomic mass is 32.2. The van der Waals surface area contributed by atoms with Crippen molar-refractivity contribution in [2.75, 3.05) is 6.26 Å². The summed E-state index contributed by atoms with van der Waals surface area (Å²) < 4.78 is 24.9. The zero-order valence-corrected chi connectivity index (χ0v) is 17.9. The lowest BCUT2D eigenvalue weighted by atomic mass is 10.1. The minimum absolute atomic E-state index is 0.101. The molecule has 0 fully saturated rings. The largest absolute Gasteiger partial charge is 0.311 e. The van der Waals surface area contributed by atoms with Gasteiger partial charge >= 0.3 is 0 Å². The normalized spacial score (nSPS) is 11.1. The van der Waals surface area contributed by atoms with E-state index < -0.39 is 9.84 Å². The second-order valence-corrected chi connectivity index (χ2v) is 9.45. The van der Waals surface area contributed by atoms with Gasteiger partial charge in [0.15, 0.2) is 9.84 Å². The number of aromatic nitrogens is 1. The Bertz CT molecular complexity index is 1460. The van der Waals surface area contributed by atoms with E-state index in [1.165, 1.54) is 6.26 Å². The van der Waals surface area contributed by atoms with E-state index in [2.05, 4.69) is 11.8 Å². The first-order valence-corrected chi connectivity index (χ1v) is 11.7. The molecule has 3 aromatic carbocycles. The minimum Gasteiger partial charge on any atom is -0.311 e. The quantitative estimate of drug-likeness (QED) is 0.462. The Morgan fingerprint density at radius 2 is 1.61 bits per heavy atom. The van der Waals surface area contributed by atoms with Crippen molar-refractivity contribution in [3.8, 4) is 11.8 Å². The topological polar surface area (TPSA) is 56.1 Å². The first-order chi connectivity index (χ1) is 14.9. The molecule has 0 aliphatic heterocycles. The SMILES string of the molecule is CS(=O)(=O)c1ccc(Cn2ccc3ccc(C#CCc4ccccc4)cc3c2=O)cc1. The maximum atomic E-state index is 13.0. The van der Waals surface area contributed by atoms with Crippen LogP contribution >= 0.6 is 0 Å². The van der Waals surface area contributed by atoms with Crippen LogP contribution < -0.4 is 5.56 Å². The number of hydrogen-bond acceptors (Lipinski definition) is 3. The average molecular weight is 428 g/mol. The van der Waals surface area contributed by atoms with E-state index in [4.69, 9.17) is 0 Å². The maximum absolute atomic E-state index is 13.0. The standard InChI is InChI=1S/C26H21NO3S/c1-31(29,30)24-14-11-22(12-15-24)19-27-17-16-23-13-10-21(18-25(23)26(27)28)9-5-8-20-6-3-2-4-7-20/h2-4,6-7,10-18H,8,19H2,1H3. The van der Waals surface area contributed by atoms with Gasteiger partial charge in [0.2, 0.25) is 0 Å². The van der Waals surface area contributed by atoms with Crippen molar-refractivity contribution in [2.24, 2.45) is 0 Å². The predicted molar refractivity (Wildman–Crippen MR) is 124 cm³/mol. The van der Waals surface area contributed by atoms with Gasteiger partial charge in [0.25, 0.3) is 5.56 Å². The highest BCUT2D eigenvalue weighted by Gasteiger charge is 2.08. The monoisotopic (exact) mass is 427 g/mol. The highest BCUT2D eigenvalue weighted by Crippen LogP contribution is 2.14. The molecule has 5 heteroatoms. The molecule has 154 valence electrons. The highest BCUT2D eigenvalue weighted by molar-refractivity contribution is 7.90. The third-order valence-electron chi connectivity index (χ3n) is 5.05. The molecule has 4 nitrogen and oxygen atoms in total. The van der Waals surface area contributed by atoms with E-state index in [0.29, 0.717) is 18.4 Å². The van der Waals surface area contributed by atoms with E-state index >= 15 is 0 Å². The molecule has 0 spiro atoms. The smallest absolute Gasteiger partial charge is 0.258 e. The third-order valence-corrected chi connectivity index (χ3v) is 6.18. The molecular weight excluding hydrogens is 406 g/mol. The second kappa shape index (κ2) is 8.63. The Labute approximate surface area is 181 Å². The lowest BCUT2D eigenvalue weighted by Gasteiger charge is -2.08. The lowest BCUT2D eigenvalue weighted by Crippen LogP contribution is -2.20. The molecule has 31 heavy (non-hydrogen) atoms. The number of benzene rings is 3. The zero-order valence-electron chi connectivity index (χ0n) is 17.1. The molecule has 4 rings (SSSR count). The fourth-order valence-corrected chi connectivity index (χ4v) is 4.00. The Morgan fingerprint density at radius 1 is 0.871 bits per heavy atom. The van der Waals surface area contributed by atoms with E-state index in [1.54, 1.807) is 35.0 Å². The van der Waals surface area contributed by atoms with E-state index in [0.717, 1.165) is 22.1 Å². The molecule has 0 amide bonds. The van der Waals surface area contributed by atoms with Gasteiger partial charge in [0.05, 0.1) is 11.4 Å². The van der Waals surface area contributed by atoms with Crippen molar-refractivity contribution in [3.05, 3.63) is 112 Å². The fraction of sp³-hybridized carbons (Fsp3) is 0.115. The van der Waals surface area contributed by atoms with Gasteiger partial charge in [0.1, 0.15) is 0 Å². The van der Waals surface area contributed by atoms with Crippen LogP contribution in [0.3, 0.4) is 0 Å². The number of nitrogens with zero attached hydrogens (tertiary/aromatic N) is 1. The van der Waals surface area contributed by atoms with Crippen LogP contribution in [0.4, 0.5) is 0 Å². The summed E-state index contributed by atoms with van der Waals surface area (Å²) in [5.74, 6) is 6.31. The Morgan fingerprint density at radius 3 is 2.32 bits per heavy atom. The molecule has 0 atom stereocenters. The van der Waals surface area contributed by atoms with Crippen LogP contribution in [0.2, 0.25) is 0 Å². The van der Waals surface area contributed by atoms with E-state index in [-0.39, 0.29) is 10.5 Å². The molecule has 0 unspecified atom stereocenters. The second-order valence-electron chi connectivity index (χ2n) is 7.43. The van der Waals surface area contributed by atoms with Gasteiger partial charge < -0.3 is 4.57 Å². The first kappa shape index (κ1) is 20.6. The van der Waals surface area contributed by atoms with Crippen LogP contribution in [0.15, 0.2) is 94.7 Å². The third kappa shape index (κ3) is 4.93. The summed E-state index contributed by atoms with van der Waals surface area (Å²) in [4.78, 5) is 13.3. The Hall–Kier alpha value is -3.62. The molecular formula is C26H21NO3S. The summed E-state index contributed by atoms with van der Waals surface area (Å²) in [5, 5.41) is 1.48. The number of sulfone groups is 1. The van der Waals surface area contributed by atoms with Gasteiger partial charge in [-0.25, -0.2) is 8.42 Å². The van der Waals surface area contributed by atoms with Crippen LogP contribution in [0.5, 0.6) is 0 Å². The minimum atomic E-state index is -3.24. The van der Waals surface area contributed by atoms with Crippen LogP contribution in [-0.4, -0.2) is 19.2 Å². The fourth-order valence-electron chi connectivity index (χ4n) is 3.36. The van der Waals surface area contributed by atoms with Crippen LogP contribution in [0, 0.1) is 11.8 Å². The molecule has 0 N–H and O–H groups in total. The maximum Gasteiger partial charge on any atom is 0.258 e. The molecule has 0 saturated carbocycles. The van der Waals surface area contributed by atoms with E-state index in [9.17, 15) is 13.2 Å². The summed E-state index contributed by atoms with van der Waals surface area (Å²) in [6.45, 7) is 0.364. The average Bonchev–Trinajstić information content (AvgIpc) is 2.76. The summed E-state index contributed by atoms with van der Waals surface area (Å²) in [5.41, 5.74) is 2.71. The number of fused-ring (bicyclic) bond motifs is 1. The number of hydrogen-bond donors (Lipinski definition) is 0. The van der Waals surface area contributed by atoms with Crippen molar-refractivity contribution in [3.63, 3.8) is 0 Å². The summed E-state index contributed by atoms with van der Waals surface area (Å²) in [6, 6.07) is 24.2. The lowest BCUT2D eigenvalue weighted by molar-refractivity contribution is 0.602. The van der Waals surface area contributed by atoms with Crippen LogP contribution in [0.1, 0.15) is 16.7 Å². The zero-order chi connectivity index (χ0) is 21.8. The van der Waals surface area contributed by atoms with Crippen LogP contribution in [0.25, 0.3) is 10.8 Å². The van der Waals surface area contributed by atoms with Gasteiger partial charge in [-0.05, 0) is 46.8 Å². The summed E-state index contributed by atoms with van der Waals surface area (Å²) in [6.07, 6.45) is 3.59. The first-order valence-electron chi connectivity index (χ1n) is 9.85. The van der Waals surface area contributed by atoms with Gasteiger partial charge in [-0.2, -0.15) is 0 Å². The van der Waals surface area contributed by atoms with Crippen molar-refractivity contribution in [2.45, 2.75) is 17.9 Å². The van der Waals surface area contributed by atoms with E-state index in [1.807, 2.05) is 54.6 Å². The van der Waals surface area contributed by atoms with Gasteiger partial charge in [0, 0.05) is 29.8 Å². The van der Waals surface area contributed by atoms with Crippen molar-refractivity contribution >= 4 is 20.6 Å². The molecule has 4 aromatic rings. The molecule has 1 heterocycles. The van der Waals surface area contributed by atoms with Gasteiger partial charge in [-0.3, -0.25) is 4.79 Å². The summed E-state index contributed by atoms with van der Waals surface area (Å²) >= 11 is 0. The number of pyridine rings is 1. The van der Waals surface area contributed by atoms with Crippen molar-refractivity contribution < 1.29 is 8.42 Å². The van der Waals surface area contributed by atoms with Crippen molar-refractivity contribution in [1.82, 2.24) is 4.57 Å². The van der Waals surface area contributed by atoms with Crippen molar-refractivity contribution in [1.29, 1.82) is 0 Å². The molecule has 1 aromatic heterocycles. The molecule has 0 bridgehead atoms. The van der Waals surface area contributed by atoms with Gasteiger partial charge in [-0.1, -0.05) is 60.4 Å². The molecule has 0 aliphatic rings.